The van der Waals surface area contributed by atoms with Crippen LogP contribution in [0.2, 0.25) is 0 Å². The van der Waals surface area contributed by atoms with E-state index in [2.05, 4.69) is 0 Å². The van der Waals surface area contributed by atoms with Crippen molar-refractivity contribution in [3.05, 3.63) is 0 Å². The zero-order chi connectivity index (χ0) is 9.30. The van der Waals surface area contributed by atoms with Crippen molar-refractivity contribution in [2.45, 2.75) is 37.9 Å². The van der Waals surface area contributed by atoms with Crippen molar-refractivity contribution in [3.63, 3.8) is 0 Å². The highest BCUT2D eigenvalue weighted by Gasteiger charge is 2.38. The van der Waals surface area contributed by atoms with Crippen molar-refractivity contribution in [1.29, 1.82) is 0 Å². The summed E-state index contributed by atoms with van der Waals surface area (Å²) in [6, 6.07) is 0.0729. The highest BCUT2D eigenvalue weighted by molar-refractivity contribution is 4.79. The van der Waals surface area contributed by atoms with E-state index in [1.807, 2.05) is 14.1 Å². The highest BCUT2D eigenvalue weighted by Crippen LogP contribution is 2.16. The summed E-state index contributed by atoms with van der Waals surface area (Å²) in [6.07, 6.45) is -0.955. The molecule has 1 aliphatic rings. The normalized spacial score (nSPS) is 43.5. The minimum absolute atomic E-state index is 0.0729. The maximum Gasteiger partial charge on any atom is 0.160 e. The van der Waals surface area contributed by atoms with Crippen LogP contribution < -0.4 is 4.90 Å². The zero-order valence-electron chi connectivity index (χ0n) is 7.82. The molecule has 72 valence electrons. The summed E-state index contributed by atoms with van der Waals surface area (Å²) in [5, 5.41) is 18.9. The minimum atomic E-state index is -0.719. The molecular weight excluding hydrogens is 158 g/mol. The Morgan fingerprint density at radius 2 is 1.92 bits per heavy atom. The average molecular weight is 176 g/mol. The molecule has 0 aliphatic carbocycles. The standard InChI is InChI=1S/C8H17NO3/c1-5-8(11)6(9(2)3)4-7(10)12-5/h5-8,10-11H,4H2,1-3H3/p+1/t5-,6-,7-,8+/m0/s1. The molecule has 4 atom stereocenters. The van der Waals surface area contributed by atoms with Crippen LogP contribution in [0.25, 0.3) is 0 Å². The second-order valence-electron chi connectivity index (χ2n) is 3.71. The number of hydrogen-bond acceptors (Lipinski definition) is 3. The van der Waals surface area contributed by atoms with Crippen molar-refractivity contribution in [2.24, 2.45) is 0 Å². The molecule has 0 aromatic heterocycles. The fourth-order valence-electron chi connectivity index (χ4n) is 1.64. The molecule has 0 aromatic rings. The lowest BCUT2D eigenvalue weighted by molar-refractivity contribution is -0.893. The largest absolute Gasteiger partial charge is 0.384 e. The molecule has 0 amide bonds. The first-order valence-corrected chi connectivity index (χ1v) is 4.34. The van der Waals surface area contributed by atoms with E-state index >= 15 is 0 Å². The monoisotopic (exact) mass is 176 g/mol. The summed E-state index contributed by atoms with van der Waals surface area (Å²) in [7, 11) is 3.94. The lowest BCUT2D eigenvalue weighted by atomic mass is 9.99. The molecule has 0 saturated carbocycles. The van der Waals surface area contributed by atoms with E-state index < -0.39 is 12.4 Å². The molecule has 12 heavy (non-hydrogen) atoms. The Morgan fingerprint density at radius 3 is 2.42 bits per heavy atom. The number of likely N-dealkylation sites (N-methyl/N-ethyl adjacent to an activating group) is 1. The Kier molecular flexibility index (Phi) is 3.06. The predicted molar refractivity (Wildman–Crippen MR) is 43.8 cm³/mol. The van der Waals surface area contributed by atoms with Gasteiger partial charge in [0.05, 0.1) is 26.6 Å². The maximum atomic E-state index is 9.67. The third kappa shape index (κ3) is 1.95. The van der Waals surface area contributed by atoms with E-state index in [0.717, 1.165) is 4.90 Å². The van der Waals surface area contributed by atoms with Crippen molar-refractivity contribution in [3.8, 4) is 0 Å². The lowest BCUT2D eigenvalue weighted by Gasteiger charge is -2.36. The third-order valence-corrected chi connectivity index (χ3v) is 2.46. The molecule has 0 radical (unpaired) electrons. The summed E-state index contributed by atoms with van der Waals surface area (Å²) < 4.78 is 5.07. The molecule has 0 bridgehead atoms. The second kappa shape index (κ2) is 3.70. The van der Waals surface area contributed by atoms with Gasteiger partial charge in [-0.25, -0.2) is 0 Å². The van der Waals surface area contributed by atoms with Gasteiger partial charge in [-0.2, -0.15) is 0 Å². The van der Waals surface area contributed by atoms with Crippen LogP contribution in [-0.4, -0.2) is 48.8 Å². The van der Waals surface area contributed by atoms with Gasteiger partial charge in [0.1, 0.15) is 12.1 Å². The summed E-state index contributed by atoms with van der Waals surface area (Å²) in [5.41, 5.74) is 0. The number of aliphatic hydroxyl groups is 2. The maximum absolute atomic E-state index is 9.67. The van der Waals surface area contributed by atoms with E-state index in [1.54, 1.807) is 6.92 Å². The minimum Gasteiger partial charge on any atom is -0.384 e. The molecule has 1 heterocycles. The summed E-state index contributed by atoms with van der Waals surface area (Å²) in [4.78, 5) is 1.15. The van der Waals surface area contributed by atoms with Crippen LogP contribution in [0.3, 0.4) is 0 Å². The predicted octanol–water partition coefficient (Wildman–Crippen LogP) is -2.01. The van der Waals surface area contributed by atoms with Crippen LogP contribution in [0.4, 0.5) is 0 Å². The number of aliphatic hydroxyl groups excluding tert-OH is 2. The van der Waals surface area contributed by atoms with Crippen LogP contribution in [0.1, 0.15) is 13.3 Å². The Balaban J connectivity index is 2.60. The van der Waals surface area contributed by atoms with Gasteiger partial charge in [0.15, 0.2) is 6.29 Å². The SMILES string of the molecule is C[C@@H]1O[C@H](O)C[C@H]([NH+](C)C)[C@@H]1O. The van der Waals surface area contributed by atoms with Gasteiger partial charge in [-0.15, -0.1) is 0 Å². The van der Waals surface area contributed by atoms with E-state index in [4.69, 9.17) is 4.74 Å². The van der Waals surface area contributed by atoms with Crippen LogP contribution in [-0.2, 0) is 4.74 Å². The van der Waals surface area contributed by atoms with Crippen LogP contribution in [0.5, 0.6) is 0 Å². The van der Waals surface area contributed by atoms with Crippen LogP contribution >= 0.6 is 0 Å². The third-order valence-electron chi connectivity index (χ3n) is 2.46. The average Bonchev–Trinajstić information content (AvgIpc) is 1.96. The highest BCUT2D eigenvalue weighted by atomic mass is 16.6. The van der Waals surface area contributed by atoms with Gasteiger partial charge in [-0.1, -0.05) is 0 Å². The van der Waals surface area contributed by atoms with E-state index in [-0.39, 0.29) is 12.1 Å². The van der Waals surface area contributed by atoms with Gasteiger partial charge in [0.25, 0.3) is 0 Å². The topological polar surface area (TPSA) is 54.1 Å². The van der Waals surface area contributed by atoms with Gasteiger partial charge >= 0.3 is 0 Å². The molecule has 0 unspecified atom stereocenters. The van der Waals surface area contributed by atoms with Crippen molar-refractivity contribution in [2.75, 3.05) is 14.1 Å². The quantitative estimate of drug-likeness (QED) is 0.432. The Bertz CT molecular complexity index is 151. The van der Waals surface area contributed by atoms with Crippen LogP contribution in [0, 0.1) is 0 Å². The molecule has 1 fully saturated rings. The number of quaternary nitrogens is 1. The molecular formula is C8H18NO3+. The molecule has 4 nitrogen and oxygen atoms in total. The van der Waals surface area contributed by atoms with Gasteiger partial charge < -0.3 is 19.8 Å². The van der Waals surface area contributed by atoms with E-state index in [1.165, 1.54) is 0 Å². The van der Waals surface area contributed by atoms with Gasteiger partial charge in [0.2, 0.25) is 0 Å². The molecule has 1 saturated heterocycles. The van der Waals surface area contributed by atoms with E-state index in [0.29, 0.717) is 6.42 Å². The molecule has 1 rings (SSSR count). The molecule has 1 aliphatic heterocycles. The lowest BCUT2D eigenvalue weighted by Crippen LogP contribution is -3.12. The Labute approximate surface area is 72.7 Å². The molecule has 4 heteroatoms. The molecule has 0 aromatic carbocycles. The molecule has 0 spiro atoms. The Hall–Kier alpha value is -0.160. The second-order valence-corrected chi connectivity index (χ2v) is 3.71. The zero-order valence-corrected chi connectivity index (χ0v) is 7.82. The van der Waals surface area contributed by atoms with Crippen molar-refractivity contribution >= 4 is 0 Å². The van der Waals surface area contributed by atoms with Gasteiger partial charge in [-0.3, -0.25) is 0 Å². The van der Waals surface area contributed by atoms with Gasteiger partial charge in [0, 0.05) is 0 Å². The van der Waals surface area contributed by atoms with Crippen molar-refractivity contribution < 1.29 is 19.8 Å². The number of hydrogen-bond donors (Lipinski definition) is 3. The Morgan fingerprint density at radius 1 is 1.33 bits per heavy atom. The summed E-state index contributed by atoms with van der Waals surface area (Å²) in [5.74, 6) is 0. The number of nitrogens with one attached hydrogen (secondary N) is 1. The summed E-state index contributed by atoms with van der Waals surface area (Å²) in [6.45, 7) is 1.78. The molecule has 3 N–H and O–H groups in total. The first kappa shape index (κ1) is 9.92. The first-order chi connectivity index (χ1) is 5.52. The number of ether oxygens (including phenoxy) is 1. The van der Waals surface area contributed by atoms with E-state index in [9.17, 15) is 10.2 Å². The smallest absolute Gasteiger partial charge is 0.160 e. The first-order valence-electron chi connectivity index (χ1n) is 4.34. The number of rotatable bonds is 1. The fourth-order valence-corrected chi connectivity index (χ4v) is 1.64. The van der Waals surface area contributed by atoms with Crippen molar-refractivity contribution in [1.82, 2.24) is 0 Å². The van der Waals surface area contributed by atoms with Crippen LogP contribution in [0.15, 0.2) is 0 Å². The summed E-state index contributed by atoms with van der Waals surface area (Å²) >= 11 is 0. The van der Waals surface area contributed by atoms with Gasteiger partial charge in [-0.05, 0) is 6.92 Å². The fraction of sp³-hybridized carbons (Fsp3) is 1.00.